The average molecular weight is 187 g/mol. The lowest BCUT2D eigenvalue weighted by Gasteiger charge is -2.12. The number of hydrogen-bond acceptors (Lipinski definition) is 1. The monoisotopic (exact) mass is 187 g/mol. The fraction of sp³-hybridized carbons (Fsp3) is 0.385. The Labute approximate surface area is 86.5 Å². The highest BCUT2D eigenvalue weighted by Gasteiger charge is 2.02. The molecule has 0 aromatic heterocycles. The number of aryl methyl sites for hydroxylation is 1. The zero-order valence-electron chi connectivity index (χ0n) is 9.09. The Kier molecular flexibility index (Phi) is 4.22. The van der Waals surface area contributed by atoms with Crippen LogP contribution in [0, 0.1) is 18.8 Å². The molecule has 0 aliphatic heterocycles. The molecule has 0 spiro atoms. The molecule has 0 aliphatic carbocycles. The zero-order chi connectivity index (χ0) is 10.4. The van der Waals surface area contributed by atoms with Crippen molar-refractivity contribution in [1.82, 2.24) is 5.32 Å². The standard InChI is InChI=1S/C13H17N/c1-4-5-9-14-12(3)13-8-6-7-11(2)10-13/h6-8,10,12,14H,9H2,1-3H3. The first-order valence-corrected chi connectivity index (χ1v) is 4.93. The molecular weight excluding hydrogens is 170 g/mol. The summed E-state index contributed by atoms with van der Waals surface area (Å²) in [5.41, 5.74) is 2.63. The van der Waals surface area contributed by atoms with Crippen LogP contribution in [-0.2, 0) is 0 Å². The number of benzene rings is 1. The van der Waals surface area contributed by atoms with Gasteiger partial charge < -0.3 is 0 Å². The lowest BCUT2D eigenvalue weighted by Crippen LogP contribution is -2.18. The molecule has 1 atom stereocenters. The van der Waals surface area contributed by atoms with E-state index in [1.807, 2.05) is 6.92 Å². The van der Waals surface area contributed by atoms with Crippen molar-refractivity contribution < 1.29 is 0 Å². The van der Waals surface area contributed by atoms with E-state index in [1.54, 1.807) is 0 Å². The fourth-order valence-corrected chi connectivity index (χ4v) is 1.35. The van der Waals surface area contributed by atoms with Crippen LogP contribution in [0.3, 0.4) is 0 Å². The van der Waals surface area contributed by atoms with Crippen molar-refractivity contribution >= 4 is 0 Å². The van der Waals surface area contributed by atoms with E-state index in [0.29, 0.717) is 6.04 Å². The topological polar surface area (TPSA) is 12.0 Å². The van der Waals surface area contributed by atoms with Gasteiger partial charge in [-0.1, -0.05) is 35.7 Å². The Morgan fingerprint density at radius 1 is 1.43 bits per heavy atom. The Balaban J connectivity index is 2.58. The lowest BCUT2D eigenvalue weighted by molar-refractivity contribution is 0.623. The first kappa shape index (κ1) is 10.8. The van der Waals surface area contributed by atoms with Crippen LogP contribution in [0.4, 0.5) is 0 Å². The SMILES string of the molecule is CC#CCNC(C)c1cccc(C)c1. The van der Waals surface area contributed by atoms with Gasteiger partial charge in [0.25, 0.3) is 0 Å². The highest BCUT2D eigenvalue weighted by molar-refractivity contribution is 5.24. The minimum Gasteiger partial charge on any atom is -0.300 e. The molecule has 0 heterocycles. The van der Waals surface area contributed by atoms with Crippen molar-refractivity contribution in [3.05, 3.63) is 35.4 Å². The van der Waals surface area contributed by atoms with Crippen LogP contribution in [0.15, 0.2) is 24.3 Å². The molecule has 0 saturated carbocycles. The van der Waals surface area contributed by atoms with Crippen LogP contribution in [-0.4, -0.2) is 6.54 Å². The van der Waals surface area contributed by atoms with Crippen LogP contribution in [0.1, 0.15) is 31.0 Å². The second-order valence-corrected chi connectivity index (χ2v) is 3.44. The molecule has 0 fully saturated rings. The van der Waals surface area contributed by atoms with E-state index in [1.165, 1.54) is 11.1 Å². The summed E-state index contributed by atoms with van der Waals surface area (Å²) in [4.78, 5) is 0. The van der Waals surface area contributed by atoms with Crippen LogP contribution >= 0.6 is 0 Å². The molecule has 1 heteroatoms. The molecule has 1 aromatic rings. The summed E-state index contributed by atoms with van der Waals surface area (Å²) < 4.78 is 0. The number of hydrogen-bond donors (Lipinski definition) is 1. The van der Waals surface area contributed by atoms with Crippen molar-refractivity contribution in [3.63, 3.8) is 0 Å². The molecule has 0 aliphatic rings. The average Bonchev–Trinajstić information content (AvgIpc) is 2.18. The largest absolute Gasteiger partial charge is 0.300 e. The summed E-state index contributed by atoms with van der Waals surface area (Å²) in [7, 11) is 0. The van der Waals surface area contributed by atoms with E-state index in [4.69, 9.17) is 0 Å². The van der Waals surface area contributed by atoms with Gasteiger partial charge in [-0.05, 0) is 26.3 Å². The van der Waals surface area contributed by atoms with Crippen LogP contribution in [0.25, 0.3) is 0 Å². The lowest BCUT2D eigenvalue weighted by atomic mass is 10.1. The number of rotatable bonds is 3. The summed E-state index contributed by atoms with van der Waals surface area (Å²) in [6, 6.07) is 8.92. The molecule has 0 bridgehead atoms. The molecular formula is C13H17N. The Morgan fingerprint density at radius 2 is 2.21 bits per heavy atom. The predicted molar refractivity (Wildman–Crippen MR) is 61.0 cm³/mol. The van der Waals surface area contributed by atoms with Crippen molar-refractivity contribution in [2.24, 2.45) is 0 Å². The summed E-state index contributed by atoms with van der Waals surface area (Å²) >= 11 is 0. The summed E-state index contributed by atoms with van der Waals surface area (Å²) in [6.45, 7) is 6.89. The smallest absolute Gasteiger partial charge is 0.0581 e. The Hall–Kier alpha value is -1.26. The molecule has 0 saturated heterocycles. The molecule has 14 heavy (non-hydrogen) atoms. The Bertz CT molecular complexity index is 344. The van der Waals surface area contributed by atoms with E-state index in [0.717, 1.165) is 6.54 Å². The van der Waals surface area contributed by atoms with Gasteiger partial charge in [-0.15, -0.1) is 5.92 Å². The normalized spacial score (nSPS) is 11.6. The molecule has 1 N–H and O–H groups in total. The van der Waals surface area contributed by atoms with E-state index < -0.39 is 0 Å². The van der Waals surface area contributed by atoms with E-state index >= 15 is 0 Å². The zero-order valence-corrected chi connectivity index (χ0v) is 9.09. The van der Waals surface area contributed by atoms with Crippen molar-refractivity contribution in [3.8, 4) is 11.8 Å². The quantitative estimate of drug-likeness (QED) is 0.717. The maximum absolute atomic E-state index is 3.35. The molecule has 0 amide bonds. The summed E-state index contributed by atoms with van der Waals surface area (Å²) in [5.74, 6) is 5.88. The maximum atomic E-state index is 3.35. The minimum absolute atomic E-state index is 0.371. The van der Waals surface area contributed by atoms with E-state index in [2.05, 4.69) is 55.3 Å². The molecule has 1 rings (SSSR count). The van der Waals surface area contributed by atoms with Gasteiger partial charge in [0.15, 0.2) is 0 Å². The third-order valence-corrected chi connectivity index (χ3v) is 2.22. The Morgan fingerprint density at radius 3 is 2.86 bits per heavy atom. The first-order chi connectivity index (χ1) is 6.74. The van der Waals surface area contributed by atoms with E-state index in [9.17, 15) is 0 Å². The van der Waals surface area contributed by atoms with Gasteiger partial charge in [0.1, 0.15) is 0 Å². The van der Waals surface area contributed by atoms with Gasteiger partial charge in [-0.25, -0.2) is 0 Å². The van der Waals surface area contributed by atoms with Gasteiger partial charge >= 0.3 is 0 Å². The molecule has 1 unspecified atom stereocenters. The third-order valence-electron chi connectivity index (χ3n) is 2.22. The van der Waals surface area contributed by atoms with Gasteiger partial charge in [0.05, 0.1) is 6.54 Å². The summed E-state index contributed by atoms with van der Waals surface area (Å²) in [6.07, 6.45) is 0. The van der Waals surface area contributed by atoms with Crippen molar-refractivity contribution in [2.75, 3.05) is 6.54 Å². The highest BCUT2D eigenvalue weighted by Crippen LogP contribution is 2.12. The maximum Gasteiger partial charge on any atom is 0.0581 e. The van der Waals surface area contributed by atoms with Crippen LogP contribution in [0.2, 0.25) is 0 Å². The van der Waals surface area contributed by atoms with Gasteiger partial charge in [-0.2, -0.15) is 0 Å². The fourth-order valence-electron chi connectivity index (χ4n) is 1.35. The molecule has 0 radical (unpaired) electrons. The predicted octanol–water partition coefficient (Wildman–Crippen LogP) is 2.67. The van der Waals surface area contributed by atoms with Crippen molar-refractivity contribution in [2.45, 2.75) is 26.8 Å². The molecule has 1 nitrogen and oxygen atoms in total. The molecule has 1 aromatic carbocycles. The van der Waals surface area contributed by atoms with E-state index in [-0.39, 0.29) is 0 Å². The summed E-state index contributed by atoms with van der Waals surface area (Å²) in [5, 5.41) is 3.35. The first-order valence-electron chi connectivity index (χ1n) is 4.93. The second-order valence-electron chi connectivity index (χ2n) is 3.44. The van der Waals surface area contributed by atoms with Gasteiger partial charge in [0.2, 0.25) is 0 Å². The molecule has 74 valence electrons. The highest BCUT2D eigenvalue weighted by atomic mass is 14.9. The number of nitrogens with one attached hydrogen (secondary N) is 1. The van der Waals surface area contributed by atoms with Crippen LogP contribution in [0.5, 0.6) is 0 Å². The van der Waals surface area contributed by atoms with Gasteiger partial charge in [-0.3, -0.25) is 5.32 Å². The van der Waals surface area contributed by atoms with Crippen molar-refractivity contribution in [1.29, 1.82) is 0 Å². The third kappa shape index (κ3) is 3.24. The minimum atomic E-state index is 0.371. The van der Waals surface area contributed by atoms with Gasteiger partial charge in [0, 0.05) is 6.04 Å². The second kappa shape index (κ2) is 5.47. The van der Waals surface area contributed by atoms with Crippen LogP contribution < -0.4 is 5.32 Å².